The van der Waals surface area contributed by atoms with Crippen LogP contribution in [0.1, 0.15) is 31.2 Å². The van der Waals surface area contributed by atoms with Gasteiger partial charge in [-0.1, -0.05) is 30.3 Å². The van der Waals surface area contributed by atoms with E-state index in [2.05, 4.69) is 12.1 Å². The largest absolute Gasteiger partial charge is 0.385 e. The number of amides is 1. The molecule has 20 heavy (non-hydrogen) atoms. The number of rotatable bonds is 6. The lowest BCUT2D eigenvalue weighted by molar-refractivity contribution is -0.132. The lowest BCUT2D eigenvalue weighted by atomic mass is 9.93. The topological polar surface area (TPSA) is 29.5 Å². The number of carbonyl (C=O) groups is 1. The zero-order valence-electron chi connectivity index (χ0n) is 12.4. The summed E-state index contributed by atoms with van der Waals surface area (Å²) in [7, 11) is 1.75. The van der Waals surface area contributed by atoms with Gasteiger partial charge in [-0.05, 0) is 37.2 Å². The molecule has 1 aromatic carbocycles. The maximum absolute atomic E-state index is 12.2. The van der Waals surface area contributed by atoms with Crippen molar-refractivity contribution in [2.45, 2.75) is 32.1 Å². The third-order valence-corrected chi connectivity index (χ3v) is 4.17. The van der Waals surface area contributed by atoms with Crippen LogP contribution in [0.5, 0.6) is 0 Å². The van der Waals surface area contributed by atoms with Crippen molar-refractivity contribution in [2.24, 2.45) is 5.92 Å². The van der Waals surface area contributed by atoms with Gasteiger partial charge in [0.25, 0.3) is 0 Å². The molecule has 0 N–H and O–H groups in total. The average molecular weight is 275 g/mol. The summed E-state index contributed by atoms with van der Waals surface area (Å²) >= 11 is 0. The van der Waals surface area contributed by atoms with E-state index < -0.39 is 0 Å². The zero-order chi connectivity index (χ0) is 14.2. The molecule has 3 heteroatoms. The third kappa shape index (κ3) is 4.64. The predicted octanol–water partition coefficient (Wildman–Crippen LogP) is 2.89. The van der Waals surface area contributed by atoms with Gasteiger partial charge < -0.3 is 9.64 Å². The fourth-order valence-electron chi connectivity index (χ4n) is 2.81. The van der Waals surface area contributed by atoms with Gasteiger partial charge >= 0.3 is 0 Å². The maximum Gasteiger partial charge on any atom is 0.222 e. The van der Waals surface area contributed by atoms with E-state index in [0.29, 0.717) is 12.3 Å². The van der Waals surface area contributed by atoms with Gasteiger partial charge in [0.05, 0.1) is 0 Å². The first-order valence-corrected chi connectivity index (χ1v) is 7.60. The molecule has 0 saturated carbocycles. The minimum absolute atomic E-state index is 0.305. The number of ether oxygens (including phenoxy) is 1. The lowest BCUT2D eigenvalue weighted by Crippen LogP contribution is -2.38. The summed E-state index contributed by atoms with van der Waals surface area (Å²) in [6.45, 7) is 2.68. The molecule has 1 aromatic rings. The van der Waals surface area contributed by atoms with Crippen molar-refractivity contribution >= 4 is 5.91 Å². The second-order valence-corrected chi connectivity index (χ2v) is 5.59. The van der Waals surface area contributed by atoms with E-state index in [-0.39, 0.29) is 0 Å². The Morgan fingerprint density at radius 3 is 2.60 bits per heavy atom. The van der Waals surface area contributed by atoms with Gasteiger partial charge in [-0.3, -0.25) is 4.79 Å². The SMILES string of the molecule is COCCC1CCN(C(=O)CCc2ccccc2)CC1. The van der Waals surface area contributed by atoms with Gasteiger partial charge in [-0.15, -0.1) is 0 Å². The minimum atomic E-state index is 0.305. The molecule has 0 aromatic heterocycles. The molecule has 1 amide bonds. The van der Waals surface area contributed by atoms with Crippen LogP contribution < -0.4 is 0 Å². The van der Waals surface area contributed by atoms with Crippen molar-refractivity contribution in [3.8, 4) is 0 Å². The number of piperidine rings is 1. The molecule has 0 radical (unpaired) electrons. The molecular formula is C17H25NO2. The van der Waals surface area contributed by atoms with Crippen LogP contribution in [0.25, 0.3) is 0 Å². The number of nitrogens with zero attached hydrogens (tertiary/aromatic N) is 1. The summed E-state index contributed by atoms with van der Waals surface area (Å²) < 4.78 is 5.13. The van der Waals surface area contributed by atoms with Crippen LogP contribution in [0.15, 0.2) is 30.3 Å². The standard InChI is InChI=1S/C17H25NO2/c1-20-14-11-16-9-12-18(13-10-16)17(19)8-7-15-5-3-2-4-6-15/h2-6,16H,7-14H2,1H3. The molecule has 2 rings (SSSR count). The number of aryl methyl sites for hydroxylation is 1. The van der Waals surface area contributed by atoms with Crippen molar-refractivity contribution in [1.29, 1.82) is 0 Å². The van der Waals surface area contributed by atoms with Crippen molar-refractivity contribution in [1.82, 2.24) is 4.90 Å². The molecule has 1 aliphatic rings. The first-order valence-electron chi connectivity index (χ1n) is 7.60. The van der Waals surface area contributed by atoms with Crippen LogP contribution in [0.4, 0.5) is 0 Å². The second-order valence-electron chi connectivity index (χ2n) is 5.59. The summed E-state index contributed by atoms with van der Waals surface area (Å²) in [6, 6.07) is 10.2. The molecule has 0 aliphatic carbocycles. The van der Waals surface area contributed by atoms with Crippen LogP contribution in [-0.4, -0.2) is 37.6 Å². The predicted molar refractivity (Wildman–Crippen MR) is 80.6 cm³/mol. The van der Waals surface area contributed by atoms with Crippen LogP contribution in [0.2, 0.25) is 0 Å². The normalized spacial score (nSPS) is 16.4. The monoisotopic (exact) mass is 275 g/mol. The Kier molecular flexibility index (Phi) is 6.06. The smallest absolute Gasteiger partial charge is 0.222 e. The minimum Gasteiger partial charge on any atom is -0.385 e. The van der Waals surface area contributed by atoms with E-state index in [1.165, 1.54) is 5.56 Å². The summed E-state index contributed by atoms with van der Waals surface area (Å²) in [5, 5.41) is 0. The number of hydrogen-bond acceptors (Lipinski definition) is 2. The van der Waals surface area contributed by atoms with Gasteiger partial charge in [0.15, 0.2) is 0 Å². The van der Waals surface area contributed by atoms with Crippen molar-refractivity contribution in [3.63, 3.8) is 0 Å². The Balaban J connectivity index is 1.69. The highest BCUT2D eigenvalue weighted by Gasteiger charge is 2.22. The van der Waals surface area contributed by atoms with Gasteiger partial charge in [0.2, 0.25) is 5.91 Å². The molecule has 0 spiro atoms. The Morgan fingerprint density at radius 2 is 1.95 bits per heavy atom. The molecule has 1 heterocycles. The highest BCUT2D eigenvalue weighted by atomic mass is 16.5. The number of methoxy groups -OCH3 is 1. The quantitative estimate of drug-likeness (QED) is 0.799. The average Bonchev–Trinajstić information content (AvgIpc) is 2.52. The molecule has 110 valence electrons. The molecule has 1 fully saturated rings. The number of benzene rings is 1. The molecule has 1 aliphatic heterocycles. The summed E-state index contributed by atoms with van der Waals surface area (Å²) in [5.74, 6) is 1.03. The third-order valence-electron chi connectivity index (χ3n) is 4.17. The number of hydrogen-bond donors (Lipinski definition) is 0. The van der Waals surface area contributed by atoms with Crippen molar-refractivity contribution < 1.29 is 9.53 Å². The Hall–Kier alpha value is -1.35. The first kappa shape index (κ1) is 15.0. The first-order chi connectivity index (χ1) is 9.79. The Labute approximate surface area is 121 Å². The molecule has 1 saturated heterocycles. The molecule has 0 atom stereocenters. The van der Waals surface area contributed by atoms with Gasteiger partial charge in [-0.2, -0.15) is 0 Å². The molecule has 0 bridgehead atoms. The molecule has 0 unspecified atom stereocenters. The zero-order valence-corrected chi connectivity index (χ0v) is 12.4. The van der Waals surface area contributed by atoms with Crippen molar-refractivity contribution in [3.05, 3.63) is 35.9 Å². The van der Waals surface area contributed by atoms with Crippen LogP contribution >= 0.6 is 0 Å². The highest BCUT2D eigenvalue weighted by Crippen LogP contribution is 2.21. The van der Waals surface area contributed by atoms with E-state index in [1.807, 2.05) is 23.1 Å². The Bertz CT molecular complexity index is 397. The van der Waals surface area contributed by atoms with Gasteiger partial charge in [-0.25, -0.2) is 0 Å². The van der Waals surface area contributed by atoms with Crippen molar-refractivity contribution in [2.75, 3.05) is 26.8 Å². The number of likely N-dealkylation sites (tertiary alicyclic amines) is 1. The fourth-order valence-corrected chi connectivity index (χ4v) is 2.81. The van der Waals surface area contributed by atoms with E-state index in [4.69, 9.17) is 4.74 Å². The summed E-state index contributed by atoms with van der Waals surface area (Å²) in [6.07, 6.45) is 4.86. The lowest BCUT2D eigenvalue weighted by Gasteiger charge is -2.32. The summed E-state index contributed by atoms with van der Waals surface area (Å²) in [5.41, 5.74) is 1.25. The molecule has 3 nitrogen and oxygen atoms in total. The Morgan fingerprint density at radius 1 is 1.25 bits per heavy atom. The van der Waals surface area contributed by atoms with Crippen LogP contribution in [0, 0.1) is 5.92 Å². The van der Waals surface area contributed by atoms with Gasteiger partial charge in [0, 0.05) is 33.2 Å². The van der Waals surface area contributed by atoms with E-state index >= 15 is 0 Å². The highest BCUT2D eigenvalue weighted by molar-refractivity contribution is 5.76. The van der Waals surface area contributed by atoms with E-state index in [1.54, 1.807) is 7.11 Å². The van der Waals surface area contributed by atoms with Crippen LogP contribution in [0.3, 0.4) is 0 Å². The summed E-state index contributed by atoms with van der Waals surface area (Å²) in [4.78, 5) is 14.2. The van der Waals surface area contributed by atoms with Gasteiger partial charge in [0.1, 0.15) is 0 Å². The molecular weight excluding hydrogens is 250 g/mol. The van der Waals surface area contributed by atoms with E-state index in [9.17, 15) is 4.79 Å². The second kappa shape index (κ2) is 8.05. The van der Waals surface area contributed by atoms with E-state index in [0.717, 1.165) is 51.3 Å². The van der Waals surface area contributed by atoms with Crippen LogP contribution in [-0.2, 0) is 16.0 Å². The maximum atomic E-state index is 12.2. The number of carbonyl (C=O) groups excluding carboxylic acids is 1. The fraction of sp³-hybridized carbons (Fsp3) is 0.588.